The van der Waals surface area contributed by atoms with Gasteiger partial charge in [0.1, 0.15) is 41.5 Å². The number of rotatable bonds is 25. The minimum atomic E-state index is -1.37. The van der Waals surface area contributed by atoms with E-state index in [9.17, 15) is 43.6 Å². The SMILES string of the molecule is CC(C)(C)c1ccc(-c2cc(N)c(C(=O)O)cn2)cc1.CC(C)(C)c1ccc(B(O)O)cc1.COC(=O)c1cnc(-c2ccc(C(C)(C)C)cc2)cc1Cl.COC(=O)c1cnc(Cl)cc1Cl.C[C@@H]1CC(=O)[C@@H](N(C)C(=O)[C@H](CCN)CC(=O)c2cnc(-c3ccc(C(C)(C)C)cc3)cc2N)c2ccc(OCCN)c(c2)-c2cc(ccc2OCCN)C[C@@H](C(=O)CCC#N)NC1=O.N=C(c1ccccc1)c1ccccc1. The first-order valence-electron chi connectivity index (χ1n) is 47.1. The van der Waals surface area contributed by atoms with E-state index in [0.29, 0.717) is 61.3 Å². The van der Waals surface area contributed by atoms with Crippen molar-refractivity contribution in [2.24, 2.45) is 29.0 Å². The molecule has 4 bridgehead atoms. The first kappa shape index (κ1) is 116. The number of methoxy groups -OCH3 is 2. The van der Waals surface area contributed by atoms with Crippen LogP contribution in [0.3, 0.4) is 0 Å². The molecule has 2 amide bonds. The Hall–Kier alpha value is -14.2. The fourth-order valence-corrected chi connectivity index (χ4v) is 15.8. The van der Waals surface area contributed by atoms with Crippen LogP contribution in [0.25, 0.3) is 44.9 Å². The van der Waals surface area contributed by atoms with Crippen LogP contribution in [0.5, 0.6) is 11.5 Å². The van der Waals surface area contributed by atoms with Gasteiger partial charge in [-0.15, -0.1) is 0 Å². The van der Waals surface area contributed by atoms with Crippen LogP contribution in [0.4, 0.5) is 11.4 Å². The summed E-state index contributed by atoms with van der Waals surface area (Å²) in [6, 6.07) is 67.6. The maximum atomic E-state index is 14.7. The van der Waals surface area contributed by atoms with Gasteiger partial charge in [-0.3, -0.25) is 44.3 Å². The van der Waals surface area contributed by atoms with Gasteiger partial charge in [0.25, 0.3) is 0 Å². The minimum absolute atomic E-state index is 0.0278. The Morgan fingerprint density at radius 2 is 0.952 bits per heavy atom. The summed E-state index contributed by atoms with van der Waals surface area (Å²) in [6.45, 7) is 28.1. The van der Waals surface area contributed by atoms with Crippen molar-refractivity contribution in [3.63, 3.8) is 0 Å². The number of ether oxygens (including phenoxy) is 4. The van der Waals surface area contributed by atoms with Crippen molar-refractivity contribution in [1.82, 2.24) is 30.2 Å². The van der Waals surface area contributed by atoms with Crippen LogP contribution >= 0.6 is 34.8 Å². The Kier molecular flexibility index (Phi) is 43.2. The van der Waals surface area contributed by atoms with E-state index in [0.717, 1.165) is 39.1 Å². The summed E-state index contributed by atoms with van der Waals surface area (Å²) in [7, 11) is 2.71. The number of hydrogen-bond acceptors (Lipinski definition) is 25. The Morgan fingerprint density at radius 3 is 1.35 bits per heavy atom. The number of carbonyl (C=O) groups is 8. The number of hydrogen-bond donors (Lipinski definition) is 10. The molecule has 4 atom stereocenters. The van der Waals surface area contributed by atoms with Gasteiger partial charge in [-0.05, 0) is 140 Å². The number of anilines is 2. The number of benzene rings is 8. The first-order chi connectivity index (χ1) is 68.5. The van der Waals surface area contributed by atoms with Gasteiger partial charge in [0.2, 0.25) is 11.8 Å². The summed E-state index contributed by atoms with van der Waals surface area (Å²) in [4.78, 5) is 122. The van der Waals surface area contributed by atoms with Gasteiger partial charge in [-0.25, -0.2) is 19.4 Å². The maximum absolute atomic E-state index is 14.7. The molecule has 760 valence electrons. The predicted octanol–water partition coefficient (Wildman–Crippen LogP) is 19.0. The smallest absolute Gasteiger partial charge is 0.488 e. The summed E-state index contributed by atoms with van der Waals surface area (Å²) in [5.74, 6) is -5.40. The normalized spacial score (nSPS) is 13.6. The summed E-state index contributed by atoms with van der Waals surface area (Å²) in [6.07, 6.45) is 4.96. The predicted molar refractivity (Wildman–Crippen MR) is 574 cm³/mol. The van der Waals surface area contributed by atoms with Gasteiger partial charge in [0.05, 0.1) is 75.9 Å². The number of Topliss-reactive ketones (excluding diaryl/α,β-unsaturated/α-hetero) is 3. The summed E-state index contributed by atoms with van der Waals surface area (Å²) in [5, 5.41) is 47.5. The molecule has 145 heavy (non-hydrogen) atoms. The quantitative estimate of drug-likeness (QED) is 0.00835. The van der Waals surface area contributed by atoms with Crippen molar-refractivity contribution < 1.29 is 72.5 Å². The number of fused-ring (bicyclic) bond motifs is 5. The van der Waals surface area contributed by atoms with E-state index in [1.807, 2.05) is 133 Å². The van der Waals surface area contributed by atoms with Gasteiger partial charge in [0, 0.05) is 122 Å². The number of carboxylic acid groups (broad SMARTS) is 1. The maximum Gasteiger partial charge on any atom is 0.488 e. The third kappa shape index (κ3) is 33.7. The minimum Gasteiger partial charge on any atom is -0.492 e. The van der Waals surface area contributed by atoms with Crippen LogP contribution in [-0.2, 0) is 56.7 Å². The number of nitrogens with zero attached hydrogens (tertiary/aromatic N) is 6. The Balaban J connectivity index is 0.000000255. The molecule has 8 aromatic carbocycles. The lowest BCUT2D eigenvalue weighted by Crippen LogP contribution is -2.46. The molecule has 28 nitrogen and oxygen atoms in total. The number of halogens is 3. The molecule has 0 fully saturated rings. The molecule has 0 unspecified atom stereocenters. The van der Waals surface area contributed by atoms with Crippen LogP contribution in [0, 0.1) is 28.6 Å². The number of aromatic carboxylic acids is 1. The molecule has 1 aliphatic heterocycles. The first-order valence-corrected chi connectivity index (χ1v) is 48.2. The number of carbonyl (C=O) groups excluding carboxylic acids is 7. The average Bonchev–Trinajstić information content (AvgIpc) is 0.774. The summed E-state index contributed by atoms with van der Waals surface area (Å²) in [5.41, 5.74) is 46.0. The molecule has 12 aromatic rings. The van der Waals surface area contributed by atoms with Crippen molar-refractivity contribution >= 4 is 112 Å². The summed E-state index contributed by atoms with van der Waals surface area (Å²) < 4.78 is 21.3. The fraction of sp³-hybridized carbons (Fsp3) is 0.310. The van der Waals surface area contributed by atoms with Gasteiger partial charge in [-0.1, -0.05) is 295 Å². The second kappa shape index (κ2) is 54.0. The van der Waals surface area contributed by atoms with Crippen LogP contribution in [0.1, 0.15) is 214 Å². The number of carboxylic acids is 1. The highest BCUT2D eigenvalue weighted by Gasteiger charge is 2.37. The molecule has 0 spiro atoms. The van der Waals surface area contributed by atoms with Crippen LogP contribution < -0.4 is 48.9 Å². The molecule has 32 heteroatoms. The second-order valence-electron chi connectivity index (χ2n) is 38.5. The zero-order chi connectivity index (χ0) is 107. The number of pyridine rings is 4. The number of esters is 2. The van der Waals surface area contributed by atoms with Crippen molar-refractivity contribution in [1.29, 1.82) is 10.7 Å². The zero-order valence-electron chi connectivity index (χ0n) is 84.7. The molecular formula is C113H129BCl3N13O15. The van der Waals surface area contributed by atoms with E-state index >= 15 is 0 Å². The number of ketones is 3. The largest absolute Gasteiger partial charge is 0.492 e. The lowest BCUT2D eigenvalue weighted by molar-refractivity contribution is -0.142. The van der Waals surface area contributed by atoms with E-state index < -0.39 is 72.3 Å². The van der Waals surface area contributed by atoms with E-state index in [2.05, 4.69) is 142 Å². The lowest BCUT2D eigenvalue weighted by Gasteiger charge is -2.32. The van der Waals surface area contributed by atoms with Crippen molar-refractivity contribution in [3.8, 4) is 62.5 Å². The number of likely N-dealkylation sites (N-methyl/N-ethyl adjacent to an activating group) is 1. The van der Waals surface area contributed by atoms with Gasteiger partial charge in [-0.2, -0.15) is 5.26 Å². The third-order valence-corrected chi connectivity index (χ3v) is 24.4. The number of nitrogen functional groups attached to an aromatic ring is 2. The second-order valence-corrected chi connectivity index (χ2v) is 39.7. The highest BCUT2D eigenvalue weighted by atomic mass is 35.5. The fourth-order valence-electron chi connectivity index (χ4n) is 15.1. The Bertz CT molecular complexity index is 6470. The van der Waals surface area contributed by atoms with Crippen molar-refractivity contribution in [2.75, 3.05) is 65.6 Å². The number of nitriles is 1. The molecule has 13 rings (SSSR count). The summed E-state index contributed by atoms with van der Waals surface area (Å²) >= 11 is 17.3. The van der Waals surface area contributed by atoms with Gasteiger partial charge >= 0.3 is 25.0 Å². The molecule has 4 aromatic heterocycles. The standard InChI is InChI=1S/C50H62N8O7.C17H18ClNO2.C16H18N2O2.C13H11N.C10H15BO2.C7H5Cl2NO2/c1-30-23-44(61)47(58(5)49(63)34(16-18-52)27-43(60)38-29-56-40(28-39(38)55)32-9-12-35(13-10-32)50(2,3)4)33-11-15-46(65-22-20-54)37(26-33)36-24-31(8-14-45(36)64-21-19-53)25-41(57-48(30)62)42(59)7-6-17-51;1-17(2,3)12-7-5-11(6-8-12)15-9-14(18)13(10-19-15)16(20)21-4;1-16(2,3)11-6-4-10(5-7-11)14-8-13(17)12(9-18-14)15(19)20;14-13(11-7-3-1-4-8-11)12-9-5-2-6-10-12;1-10(2,3)8-4-6-9(7-5-8)11(12)13;1-12-7(11)4-3-10-6(9)2-5(4)8/h8-15,24,26,28-30,34,41,47H,6-7,16,18-23,25,27,52-54H2,1-5H3,(H2,55,56)(H,57,62);5-10H,1-4H3;4-9H,1-3H3,(H2,17,18)(H,19,20);1-10,14H;4-7,12-13H,1-3H3;2-3H,1H3/t30-,34-,41+,47+;;;;;/m1...../s1. The molecule has 0 aliphatic carbocycles. The molecule has 5 heterocycles. The molecule has 1 aliphatic rings. The molecule has 0 saturated carbocycles. The number of amides is 2. The van der Waals surface area contributed by atoms with E-state index in [-0.39, 0.29) is 143 Å². The van der Waals surface area contributed by atoms with Crippen LogP contribution in [0.15, 0.2) is 243 Å². The van der Waals surface area contributed by atoms with Crippen molar-refractivity contribution in [2.45, 2.75) is 162 Å². The van der Waals surface area contributed by atoms with Crippen LogP contribution in [-0.4, -0.2) is 160 Å². The van der Waals surface area contributed by atoms with Gasteiger partial charge in [0.15, 0.2) is 17.3 Å². The van der Waals surface area contributed by atoms with Crippen LogP contribution in [0.2, 0.25) is 15.2 Å². The molecular weight excluding hydrogens is 1900 g/mol. The molecule has 15 N–H and O–H groups in total. The number of nitrogens with one attached hydrogen (secondary N) is 2. The number of nitrogens with two attached hydrogens (primary N) is 5. The highest BCUT2D eigenvalue weighted by molar-refractivity contribution is 6.58. The monoisotopic (exact) mass is 2020 g/mol. The Labute approximate surface area is 863 Å². The third-order valence-electron chi connectivity index (χ3n) is 23.6. The van der Waals surface area contributed by atoms with E-state index in [4.69, 9.17) is 93.5 Å². The lowest BCUT2D eigenvalue weighted by atomic mass is 9.78. The molecule has 0 radical (unpaired) electrons. The van der Waals surface area contributed by atoms with Gasteiger partial charge < -0.3 is 73.0 Å². The highest BCUT2D eigenvalue weighted by Crippen LogP contribution is 2.42. The average molecular weight is 2030 g/mol. The number of aromatic nitrogens is 4. The van der Waals surface area contributed by atoms with E-state index in [1.165, 1.54) is 73.7 Å². The topological polar surface area (TPSA) is 479 Å². The molecule has 0 saturated heterocycles. The Morgan fingerprint density at radius 1 is 0.538 bits per heavy atom. The zero-order valence-corrected chi connectivity index (χ0v) is 87.0. The van der Waals surface area contributed by atoms with E-state index in [1.54, 1.807) is 67.6 Å². The van der Waals surface area contributed by atoms with Crippen molar-refractivity contribution in [3.05, 3.63) is 325 Å².